The highest BCUT2D eigenvalue weighted by atomic mass is 32.1. The van der Waals surface area contributed by atoms with Gasteiger partial charge < -0.3 is 5.32 Å². The predicted molar refractivity (Wildman–Crippen MR) is 87.2 cm³/mol. The fourth-order valence-electron chi connectivity index (χ4n) is 2.80. The molecule has 1 saturated heterocycles. The smallest absolute Gasteiger partial charge is 0.226 e. The van der Waals surface area contributed by atoms with Gasteiger partial charge in [0.25, 0.3) is 0 Å². The van der Waals surface area contributed by atoms with E-state index in [0.717, 1.165) is 16.9 Å². The van der Waals surface area contributed by atoms with Crippen molar-refractivity contribution < 1.29 is 9.18 Å². The minimum absolute atomic E-state index is 0.0247. The molecule has 0 bridgehead atoms. The lowest BCUT2D eigenvalue weighted by Gasteiger charge is -2.21. The number of carbonyl (C=O) groups is 1. The Morgan fingerprint density at radius 2 is 2.43 bits per heavy atom. The van der Waals surface area contributed by atoms with Crippen molar-refractivity contribution in [2.45, 2.75) is 25.4 Å². The molecule has 3 atom stereocenters. The molecule has 5 nitrogen and oxygen atoms in total. The minimum atomic E-state index is -0.297. The van der Waals surface area contributed by atoms with E-state index in [9.17, 15) is 9.18 Å². The van der Waals surface area contributed by atoms with Gasteiger partial charge in [0.05, 0.1) is 17.5 Å². The molecule has 0 aliphatic carbocycles. The first-order valence-electron chi connectivity index (χ1n) is 7.55. The third kappa shape index (κ3) is 3.93. The van der Waals surface area contributed by atoms with Gasteiger partial charge in [0.2, 0.25) is 5.91 Å². The van der Waals surface area contributed by atoms with E-state index in [1.54, 1.807) is 22.9 Å². The number of hydrogen-bond acceptors (Lipinski definition) is 5. The van der Waals surface area contributed by atoms with Crippen LogP contribution in [0.25, 0.3) is 0 Å². The van der Waals surface area contributed by atoms with E-state index in [4.69, 9.17) is 0 Å². The molecule has 2 aromatic rings. The van der Waals surface area contributed by atoms with Gasteiger partial charge in [0.15, 0.2) is 0 Å². The summed E-state index contributed by atoms with van der Waals surface area (Å²) in [5.74, 6) is -0.608. The average molecular weight is 334 g/mol. The van der Waals surface area contributed by atoms with Gasteiger partial charge in [-0.1, -0.05) is 12.1 Å². The van der Waals surface area contributed by atoms with Crippen molar-refractivity contribution in [3.63, 3.8) is 0 Å². The van der Waals surface area contributed by atoms with Crippen molar-refractivity contribution in [2.24, 2.45) is 5.92 Å². The molecule has 122 valence electrons. The largest absolute Gasteiger partial charge is 0.353 e. The summed E-state index contributed by atoms with van der Waals surface area (Å²) in [5, 5.41) is 3.04. The van der Waals surface area contributed by atoms with Gasteiger partial charge in [-0.15, -0.1) is 11.3 Å². The molecular weight excluding hydrogens is 315 g/mol. The Morgan fingerprint density at radius 3 is 3.17 bits per heavy atom. The number of carbonyl (C=O) groups excluding carboxylic acids is 1. The Hall–Kier alpha value is -1.83. The second-order valence-corrected chi connectivity index (χ2v) is 6.72. The number of benzene rings is 1. The van der Waals surface area contributed by atoms with E-state index in [1.807, 2.05) is 19.2 Å². The van der Waals surface area contributed by atoms with Crippen molar-refractivity contribution in [2.75, 3.05) is 6.54 Å². The van der Waals surface area contributed by atoms with Crippen molar-refractivity contribution in [1.82, 2.24) is 21.2 Å². The molecule has 1 aliphatic rings. The van der Waals surface area contributed by atoms with Crippen LogP contribution in [0.3, 0.4) is 0 Å². The summed E-state index contributed by atoms with van der Waals surface area (Å²) in [6, 6.07) is 6.14. The first kappa shape index (κ1) is 16.0. The highest BCUT2D eigenvalue weighted by Gasteiger charge is 2.34. The van der Waals surface area contributed by atoms with Gasteiger partial charge in [-0.3, -0.25) is 15.2 Å². The monoisotopic (exact) mass is 334 g/mol. The third-order valence-corrected chi connectivity index (χ3v) is 4.71. The summed E-state index contributed by atoms with van der Waals surface area (Å²) in [4.78, 5) is 17.7. The number of amides is 1. The Bertz CT molecular complexity index is 664. The Kier molecular flexibility index (Phi) is 5.00. The van der Waals surface area contributed by atoms with E-state index >= 15 is 0 Å². The van der Waals surface area contributed by atoms with Gasteiger partial charge in [-0.05, 0) is 24.6 Å². The topological polar surface area (TPSA) is 66.0 Å². The molecule has 0 spiro atoms. The Balaban J connectivity index is 1.64. The maximum Gasteiger partial charge on any atom is 0.226 e. The summed E-state index contributed by atoms with van der Waals surface area (Å²) in [5.41, 5.74) is 8.62. The lowest BCUT2D eigenvalue weighted by Crippen LogP contribution is -2.40. The molecule has 3 rings (SSSR count). The van der Waals surface area contributed by atoms with Gasteiger partial charge in [-0.25, -0.2) is 9.82 Å². The first-order valence-corrected chi connectivity index (χ1v) is 8.43. The van der Waals surface area contributed by atoms with Crippen molar-refractivity contribution in [3.8, 4) is 0 Å². The molecule has 1 amide bonds. The number of aromatic nitrogens is 1. The molecule has 3 N–H and O–H groups in total. The predicted octanol–water partition coefficient (Wildman–Crippen LogP) is 1.79. The van der Waals surface area contributed by atoms with Gasteiger partial charge >= 0.3 is 0 Å². The van der Waals surface area contributed by atoms with Gasteiger partial charge in [0.1, 0.15) is 5.82 Å². The van der Waals surface area contributed by atoms with E-state index in [2.05, 4.69) is 21.2 Å². The van der Waals surface area contributed by atoms with Crippen LogP contribution >= 0.6 is 11.3 Å². The van der Waals surface area contributed by atoms with E-state index in [0.29, 0.717) is 6.54 Å². The molecule has 1 aliphatic heterocycles. The molecular formula is C16H19FN4OS. The van der Waals surface area contributed by atoms with Crippen LogP contribution in [0.5, 0.6) is 0 Å². The van der Waals surface area contributed by atoms with Gasteiger partial charge in [0, 0.05) is 30.1 Å². The van der Waals surface area contributed by atoms with E-state index in [-0.39, 0.29) is 29.7 Å². The third-order valence-electron chi connectivity index (χ3n) is 3.91. The minimum Gasteiger partial charge on any atom is -0.353 e. The number of thiazole rings is 1. The van der Waals surface area contributed by atoms with E-state index in [1.165, 1.54) is 12.1 Å². The van der Waals surface area contributed by atoms with Crippen LogP contribution < -0.4 is 16.2 Å². The van der Waals surface area contributed by atoms with Crippen molar-refractivity contribution in [3.05, 3.63) is 52.2 Å². The number of nitrogens with zero attached hydrogens (tertiary/aromatic N) is 1. The molecule has 3 unspecified atom stereocenters. The zero-order valence-electron chi connectivity index (χ0n) is 12.8. The normalized spacial score (nSPS) is 22.0. The quantitative estimate of drug-likeness (QED) is 0.780. The zero-order valence-corrected chi connectivity index (χ0v) is 13.6. The number of rotatable bonds is 5. The Morgan fingerprint density at radius 1 is 1.57 bits per heavy atom. The van der Waals surface area contributed by atoms with Crippen LogP contribution in [0.4, 0.5) is 4.39 Å². The lowest BCUT2D eigenvalue weighted by molar-refractivity contribution is -0.125. The van der Waals surface area contributed by atoms with Crippen molar-refractivity contribution >= 4 is 17.2 Å². The molecule has 0 radical (unpaired) electrons. The summed E-state index contributed by atoms with van der Waals surface area (Å²) in [7, 11) is 0. The number of nitrogens with one attached hydrogen (secondary N) is 3. The summed E-state index contributed by atoms with van der Waals surface area (Å²) >= 11 is 1.58. The lowest BCUT2D eigenvalue weighted by atomic mass is 9.94. The van der Waals surface area contributed by atoms with Crippen LogP contribution in [0.15, 0.2) is 36.0 Å². The molecule has 23 heavy (non-hydrogen) atoms. The van der Waals surface area contributed by atoms with Crippen LogP contribution in [0.1, 0.15) is 23.4 Å². The van der Waals surface area contributed by atoms with Crippen molar-refractivity contribution in [1.29, 1.82) is 0 Å². The standard InChI is InChI=1S/C16H19FN4OS/c1-10(5-13-7-18-9-23-13)20-16(22)14-8-19-21-15(14)11-3-2-4-12(17)6-11/h2-4,6-7,9-10,14-15,19,21H,5,8H2,1H3,(H,20,22). The molecule has 1 aromatic heterocycles. The highest BCUT2D eigenvalue weighted by molar-refractivity contribution is 7.09. The van der Waals surface area contributed by atoms with Gasteiger partial charge in [-0.2, -0.15) is 0 Å². The fraction of sp³-hybridized carbons (Fsp3) is 0.375. The molecule has 7 heteroatoms. The first-order chi connectivity index (χ1) is 11.1. The van der Waals surface area contributed by atoms with Crippen LogP contribution in [-0.4, -0.2) is 23.5 Å². The maximum absolute atomic E-state index is 13.4. The number of hydrazine groups is 1. The summed E-state index contributed by atoms with van der Waals surface area (Å²) < 4.78 is 13.4. The number of halogens is 1. The molecule has 1 aromatic carbocycles. The van der Waals surface area contributed by atoms with Crippen LogP contribution in [0.2, 0.25) is 0 Å². The summed E-state index contributed by atoms with van der Waals surface area (Å²) in [6.45, 7) is 2.49. The molecule has 2 heterocycles. The zero-order chi connectivity index (χ0) is 16.2. The van der Waals surface area contributed by atoms with Crippen LogP contribution in [0, 0.1) is 11.7 Å². The molecule has 1 fully saturated rings. The van der Waals surface area contributed by atoms with Crippen LogP contribution in [-0.2, 0) is 11.2 Å². The molecule has 0 saturated carbocycles. The second kappa shape index (κ2) is 7.16. The highest BCUT2D eigenvalue weighted by Crippen LogP contribution is 2.25. The Labute approximate surface area is 138 Å². The maximum atomic E-state index is 13.4. The SMILES string of the molecule is CC(Cc1cncs1)NC(=O)C1CNNC1c1cccc(F)c1. The second-order valence-electron chi connectivity index (χ2n) is 5.75. The average Bonchev–Trinajstić information content (AvgIpc) is 3.17. The fourth-order valence-corrected chi connectivity index (χ4v) is 3.53. The number of hydrogen-bond donors (Lipinski definition) is 3. The summed E-state index contributed by atoms with van der Waals surface area (Å²) in [6.07, 6.45) is 2.58. The van der Waals surface area contributed by atoms with E-state index < -0.39 is 0 Å².